The molecule has 0 spiro atoms. The van der Waals surface area contributed by atoms with Crippen LogP contribution in [-0.4, -0.2) is 31.9 Å². The molecular formula is C14H19FN2O2S. The van der Waals surface area contributed by atoms with Gasteiger partial charge in [-0.15, -0.1) is 0 Å². The molecule has 3 atom stereocenters. The highest BCUT2D eigenvalue weighted by molar-refractivity contribution is 7.88. The highest BCUT2D eigenvalue weighted by Crippen LogP contribution is 2.38. The van der Waals surface area contributed by atoms with Gasteiger partial charge in [0.1, 0.15) is 5.82 Å². The molecule has 3 rings (SSSR count). The third kappa shape index (κ3) is 2.60. The van der Waals surface area contributed by atoms with Crippen molar-refractivity contribution in [2.24, 2.45) is 17.6 Å². The van der Waals surface area contributed by atoms with Gasteiger partial charge in [-0.2, -0.15) is 0 Å². The standard InChI is InChI=1S/C14H19FN2O2S/c15-12-4-1-10(2-5-12)9-20(18,19)17-7-11-3-6-14(16)13(11)8-17/h1-2,4-5,11,13-14H,3,6-9,16H2. The molecule has 3 unspecified atom stereocenters. The normalized spacial score (nSPS) is 30.6. The molecule has 4 nitrogen and oxygen atoms in total. The molecule has 0 radical (unpaired) electrons. The summed E-state index contributed by atoms with van der Waals surface area (Å²) in [6, 6.07) is 5.76. The Kier molecular flexibility index (Phi) is 3.56. The molecule has 2 N–H and O–H groups in total. The van der Waals surface area contributed by atoms with Gasteiger partial charge in [-0.05, 0) is 42.4 Å². The Hall–Kier alpha value is -0.980. The van der Waals surface area contributed by atoms with E-state index in [1.54, 1.807) is 4.31 Å². The monoisotopic (exact) mass is 298 g/mol. The molecule has 0 bridgehead atoms. The molecule has 1 aliphatic heterocycles. The van der Waals surface area contributed by atoms with Gasteiger partial charge < -0.3 is 5.73 Å². The van der Waals surface area contributed by atoms with E-state index in [1.807, 2.05) is 0 Å². The van der Waals surface area contributed by atoms with Gasteiger partial charge in [0, 0.05) is 19.1 Å². The maximum absolute atomic E-state index is 12.8. The lowest BCUT2D eigenvalue weighted by molar-refractivity contribution is 0.426. The van der Waals surface area contributed by atoms with Crippen LogP contribution in [0, 0.1) is 17.7 Å². The van der Waals surface area contributed by atoms with Gasteiger partial charge in [-0.3, -0.25) is 0 Å². The van der Waals surface area contributed by atoms with E-state index in [9.17, 15) is 12.8 Å². The zero-order chi connectivity index (χ0) is 14.3. The van der Waals surface area contributed by atoms with Crippen molar-refractivity contribution >= 4 is 10.0 Å². The summed E-state index contributed by atoms with van der Waals surface area (Å²) in [5.74, 6) is 0.293. The van der Waals surface area contributed by atoms with Crippen LogP contribution in [-0.2, 0) is 15.8 Å². The van der Waals surface area contributed by atoms with Crippen molar-refractivity contribution in [3.8, 4) is 0 Å². The largest absolute Gasteiger partial charge is 0.327 e. The van der Waals surface area contributed by atoms with Gasteiger partial charge >= 0.3 is 0 Å². The number of benzene rings is 1. The SMILES string of the molecule is NC1CCC2CN(S(=O)(=O)Cc3ccc(F)cc3)CC12. The number of nitrogens with zero attached hydrogens (tertiary/aromatic N) is 1. The quantitative estimate of drug-likeness (QED) is 0.915. The van der Waals surface area contributed by atoms with Crippen molar-refractivity contribution in [2.75, 3.05) is 13.1 Å². The highest BCUT2D eigenvalue weighted by atomic mass is 32.2. The Morgan fingerprint density at radius 3 is 2.55 bits per heavy atom. The van der Waals surface area contributed by atoms with Crippen LogP contribution in [0.25, 0.3) is 0 Å². The van der Waals surface area contributed by atoms with E-state index in [4.69, 9.17) is 5.73 Å². The lowest BCUT2D eigenvalue weighted by Gasteiger charge is -2.18. The van der Waals surface area contributed by atoms with E-state index in [1.165, 1.54) is 24.3 Å². The number of hydrogen-bond donors (Lipinski definition) is 1. The molecule has 0 aromatic heterocycles. The Morgan fingerprint density at radius 1 is 1.20 bits per heavy atom. The second-order valence-corrected chi connectivity index (χ2v) is 7.83. The zero-order valence-corrected chi connectivity index (χ0v) is 12.0. The summed E-state index contributed by atoms with van der Waals surface area (Å²) < 4.78 is 39.2. The Balaban J connectivity index is 1.72. The summed E-state index contributed by atoms with van der Waals surface area (Å²) in [4.78, 5) is 0. The lowest BCUT2D eigenvalue weighted by Crippen LogP contribution is -2.34. The number of sulfonamides is 1. The molecular weight excluding hydrogens is 279 g/mol. The summed E-state index contributed by atoms with van der Waals surface area (Å²) in [6.07, 6.45) is 2.02. The predicted octanol–water partition coefficient (Wildman–Crippen LogP) is 1.32. The minimum Gasteiger partial charge on any atom is -0.327 e. The van der Waals surface area contributed by atoms with Gasteiger partial charge in [0.05, 0.1) is 5.75 Å². The molecule has 2 aliphatic rings. The smallest absolute Gasteiger partial charge is 0.218 e. The van der Waals surface area contributed by atoms with Crippen molar-refractivity contribution in [3.63, 3.8) is 0 Å². The second kappa shape index (κ2) is 5.09. The summed E-state index contributed by atoms with van der Waals surface area (Å²) in [6.45, 7) is 1.12. The number of hydrogen-bond acceptors (Lipinski definition) is 3. The molecule has 0 amide bonds. The van der Waals surface area contributed by atoms with Gasteiger partial charge in [0.2, 0.25) is 10.0 Å². The number of rotatable bonds is 3. The van der Waals surface area contributed by atoms with Crippen LogP contribution in [0.1, 0.15) is 18.4 Å². The summed E-state index contributed by atoms with van der Waals surface area (Å²) in [5.41, 5.74) is 6.65. The van der Waals surface area contributed by atoms with Gasteiger partial charge in [0.15, 0.2) is 0 Å². The minimum absolute atomic E-state index is 0.0675. The van der Waals surface area contributed by atoms with E-state index in [-0.39, 0.29) is 17.6 Å². The maximum Gasteiger partial charge on any atom is 0.218 e. The molecule has 1 aromatic carbocycles. The average Bonchev–Trinajstić information content (AvgIpc) is 2.95. The second-order valence-electron chi connectivity index (χ2n) is 5.86. The first-order valence-electron chi connectivity index (χ1n) is 6.93. The van der Waals surface area contributed by atoms with Crippen molar-refractivity contribution in [1.29, 1.82) is 0 Å². The fourth-order valence-electron chi connectivity index (χ4n) is 3.38. The van der Waals surface area contributed by atoms with Gasteiger partial charge in [0.25, 0.3) is 0 Å². The molecule has 1 aliphatic carbocycles. The van der Waals surface area contributed by atoms with Crippen LogP contribution in [0.2, 0.25) is 0 Å². The van der Waals surface area contributed by atoms with E-state index in [0.717, 1.165) is 12.8 Å². The Labute approximate surface area is 118 Å². The average molecular weight is 298 g/mol. The van der Waals surface area contributed by atoms with Crippen LogP contribution < -0.4 is 5.73 Å². The molecule has 2 fully saturated rings. The highest BCUT2D eigenvalue weighted by Gasteiger charge is 2.44. The van der Waals surface area contributed by atoms with Crippen LogP contribution in [0.5, 0.6) is 0 Å². The first kappa shape index (κ1) is 14.0. The molecule has 1 heterocycles. The molecule has 110 valence electrons. The topological polar surface area (TPSA) is 63.4 Å². The molecule has 6 heteroatoms. The van der Waals surface area contributed by atoms with Crippen LogP contribution >= 0.6 is 0 Å². The Bertz CT molecular complexity index is 588. The Morgan fingerprint density at radius 2 is 1.90 bits per heavy atom. The first-order chi connectivity index (χ1) is 9.45. The zero-order valence-electron chi connectivity index (χ0n) is 11.2. The fraction of sp³-hybridized carbons (Fsp3) is 0.571. The predicted molar refractivity (Wildman–Crippen MR) is 74.8 cm³/mol. The fourth-order valence-corrected chi connectivity index (χ4v) is 4.99. The van der Waals surface area contributed by atoms with Crippen LogP contribution in [0.3, 0.4) is 0 Å². The van der Waals surface area contributed by atoms with Crippen LogP contribution in [0.15, 0.2) is 24.3 Å². The van der Waals surface area contributed by atoms with E-state index >= 15 is 0 Å². The van der Waals surface area contributed by atoms with Crippen molar-refractivity contribution in [3.05, 3.63) is 35.6 Å². The molecule has 20 heavy (non-hydrogen) atoms. The molecule has 1 saturated heterocycles. The number of fused-ring (bicyclic) bond motifs is 1. The molecule has 1 saturated carbocycles. The van der Waals surface area contributed by atoms with Crippen LogP contribution in [0.4, 0.5) is 4.39 Å². The first-order valence-corrected chi connectivity index (χ1v) is 8.54. The summed E-state index contributed by atoms with van der Waals surface area (Å²) in [5, 5.41) is 0. The van der Waals surface area contributed by atoms with Gasteiger partial charge in [-0.1, -0.05) is 12.1 Å². The van der Waals surface area contributed by atoms with E-state index < -0.39 is 10.0 Å². The number of halogens is 1. The molecule has 1 aromatic rings. The van der Waals surface area contributed by atoms with Crippen molar-refractivity contribution < 1.29 is 12.8 Å². The van der Waals surface area contributed by atoms with E-state index in [0.29, 0.717) is 30.5 Å². The lowest BCUT2D eigenvalue weighted by atomic mass is 9.98. The minimum atomic E-state index is -3.34. The maximum atomic E-state index is 12.8. The van der Waals surface area contributed by atoms with Gasteiger partial charge in [-0.25, -0.2) is 17.1 Å². The summed E-state index contributed by atoms with van der Waals surface area (Å²) in [7, 11) is -3.34. The summed E-state index contributed by atoms with van der Waals surface area (Å²) >= 11 is 0. The van der Waals surface area contributed by atoms with Crippen molar-refractivity contribution in [2.45, 2.75) is 24.6 Å². The van der Waals surface area contributed by atoms with E-state index in [2.05, 4.69) is 0 Å². The third-order valence-corrected chi connectivity index (χ3v) is 6.32. The number of nitrogens with two attached hydrogens (primary N) is 1. The van der Waals surface area contributed by atoms with Crippen molar-refractivity contribution in [1.82, 2.24) is 4.31 Å². The third-order valence-electron chi connectivity index (χ3n) is 4.53.